The topological polar surface area (TPSA) is 36.7 Å². The van der Waals surface area contributed by atoms with E-state index in [1.54, 1.807) is 12.4 Å². The summed E-state index contributed by atoms with van der Waals surface area (Å²) < 4.78 is 0. The molecule has 1 aromatic heterocycles. The molecule has 66 valence electrons. The minimum Gasteiger partial charge on any atom is -0.263 e. The van der Waals surface area contributed by atoms with E-state index in [4.69, 9.17) is 5.26 Å². The van der Waals surface area contributed by atoms with Crippen LogP contribution in [-0.2, 0) is 0 Å². The van der Waals surface area contributed by atoms with Gasteiger partial charge < -0.3 is 0 Å². The lowest BCUT2D eigenvalue weighted by molar-refractivity contribution is 0.836. The third-order valence-corrected chi connectivity index (χ3v) is 1.56. The van der Waals surface area contributed by atoms with E-state index in [-0.39, 0.29) is 0 Å². The molecule has 0 saturated carbocycles. The highest BCUT2D eigenvalue weighted by molar-refractivity contribution is 5.50. The molecule has 0 radical (unpaired) electrons. The molecule has 1 rings (SSSR count). The monoisotopic (exact) mass is 172 g/mol. The Hall–Kier alpha value is -1.62. The maximum Gasteiger partial charge on any atom is 0.101 e. The van der Waals surface area contributed by atoms with Crippen LogP contribution in [0.5, 0.6) is 0 Å². The molecule has 0 aliphatic rings. The van der Waals surface area contributed by atoms with E-state index in [9.17, 15) is 0 Å². The first-order valence-electron chi connectivity index (χ1n) is 4.25. The SMILES string of the molecule is CC(C)C=Cc1cncc(C#N)c1. The maximum absolute atomic E-state index is 8.63. The number of allylic oxidation sites excluding steroid dienone is 1. The quantitative estimate of drug-likeness (QED) is 0.687. The van der Waals surface area contributed by atoms with E-state index in [1.807, 2.05) is 12.1 Å². The largest absolute Gasteiger partial charge is 0.263 e. The van der Waals surface area contributed by atoms with E-state index in [2.05, 4.69) is 31.0 Å². The van der Waals surface area contributed by atoms with Gasteiger partial charge in [0.15, 0.2) is 0 Å². The molecule has 0 aliphatic carbocycles. The molecule has 0 amide bonds. The van der Waals surface area contributed by atoms with Gasteiger partial charge in [-0.25, -0.2) is 0 Å². The second kappa shape index (κ2) is 4.42. The van der Waals surface area contributed by atoms with Crippen molar-refractivity contribution < 1.29 is 0 Å². The fourth-order valence-electron chi connectivity index (χ4n) is 0.914. The van der Waals surface area contributed by atoms with Crippen LogP contribution in [-0.4, -0.2) is 4.98 Å². The smallest absolute Gasteiger partial charge is 0.101 e. The molecule has 1 aromatic rings. The summed E-state index contributed by atoms with van der Waals surface area (Å²) in [6.07, 6.45) is 7.38. The van der Waals surface area contributed by atoms with E-state index in [0.29, 0.717) is 11.5 Å². The van der Waals surface area contributed by atoms with Gasteiger partial charge in [0.05, 0.1) is 5.56 Å². The van der Waals surface area contributed by atoms with Gasteiger partial charge in [-0.1, -0.05) is 26.0 Å². The number of rotatable bonds is 2. The van der Waals surface area contributed by atoms with E-state index in [0.717, 1.165) is 5.56 Å². The molecule has 0 fully saturated rings. The molecule has 0 saturated heterocycles. The first-order chi connectivity index (χ1) is 6.22. The lowest BCUT2D eigenvalue weighted by Crippen LogP contribution is -1.82. The summed E-state index contributed by atoms with van der Waals surface area (Å²) in [5.41, 5.74) is 1.58. The zero-order valence-electron chi connectivity index (χ0n) is 7.86. The zero-order chi connectivity index (χ0) is 9.68. The minimum atomic E-state index is 0.519. The molecule has 0 N–H and O–H groups in total. The number of aromatic nitrogens is 1. The van der Waals surface area contributed by atoms with Crippen LogP contribution in [0.25, 0.3) is 6.08 Å². The van der Waals surface area contributed by atoms with Gasteiger partial charge in [0.2, 0.25) is 0 Å². The van der Waals surface area contributed by atoms with Crippen molar-refractivity contribution in [2.75, 3.05) is 0 Å². The van der Waals surface area contributed by atoms with Crippen molar-refractivity contribution >= 4 is 6.08 Å². The van der Waals surface area contributed by atoms with Crippen molar-refractivity contribution in [1.82, 2.24) is 4.98 Å². The molecular formula is C11H12N2. The highest BCUT2D eigenvalue weighted by Crippen LogP contribution is 2.05. The molecule has 2 heteroatoms. The van der Waals surface area contributed by atoms with Crippen LogP contribution < -0.4 is 0 Å². The fraction of sp³-hybridized carbons (Fsp3) is 0.273. The molecule has 1 heterocycles. The Morgan fingerprint density at radius 2 is 2.23 bits per heavy atom. The second-order valence-electron chi connectivity index (χ2n) is 3.22. The molecule has 0 unspecified atom stereocenters. The summed E-state index contributed by atoms with van der Waals surface area (Å²) in [5.74, 6) is 0.519. The zero-order valence-corrected chi connectivity index (χ0v) is 7.86. The van der Waals surface area contributed by atoms with Gasteiger partial charge >= 0.3 is 0 Å². The lowest BCUT2D eigenvalue weighted by atomic mass is 10.1. The predicted octanol–water partition coefficient (Wildman–Crippen LogP) is 2.62. The number of hydrogen-bond acceptors (Lipinski definition) is 2. The first-order valence-corrected chi connectivity index (χ1v) is 4.25. The third-order valence-electron chi connectivity index (χ3n) is 1.56. The Morgan fingerprint density at radius 1 is 1.46 bits per heavy atom. The maximum atomic E-state index is 8.63. The van der Waals surface area contributed by atoms with Crippen LogP contribution in [0.4, 0.5) is 0 Å². The molecule has 0 atom stereocenters. The summed E-state index contributed by atoms with van der Waals surface area (Å²) >= 11 is 0. The lowest BCUT2D eigenvalue weighted by Gasteiger charge is -1.95. The normalized spacial score (nSPS) is 10.6. The van der Waals surface area contributed by atoms with E-state index >= 15 is 0 Å². The first kappa shape index (κ1) is 9.47. The molecule has 0 aromatic carbocycles. The standard InChI is InChI=1S/C11H12N2/c1-9(2)3-4-10-5-11(6-12)8-13-7-10/h3-5,7-9H,1-2H3. The van der Waals surface area contributed by atoms with Crippen LogP contribution in [0.1, 0.15) is 25.0 Å². The number of nitriles is 1. The Morgan fingerprint density at radius 3 is 2.85 bits per heavy atom. The van der Waals surface area contributed by atoms with Gasteiger partial charge in [0, 0.05) is 12.4 Å². The van der Waals surface area contributed by atoms with Crippen LogP contribution in [0.3, 0.4) is 0 Å². The summed E-state index contributed by atoms with van der Waals surface area (Å²) in [6, 6.07) is 3.88. The van der Waals surface area contributed by atoms with Gasteiger partial charge in [-0.05, 0) is 17.5 Å². The summed E-state index contributed by atoms with van der Waals surface area (Å²) in [6.45, 7) is 4.22. The van der Waals surface area contributed by atoms with E-state index in [1.165, 1.54) is 0 Å². The van der Waals surface area contributed by atoms with Crippen molar-refractivity contribution in [3.05, 3.63) is 35.7 Å². The van der Waals surface area contributed by atoms with Gasteiger partial charge in [-0.3, -0.25) is 4.98 Å². The highest BCUT2D eigenvalue weighted by atomic mass is 14.6. The van der Waals surface area contributed by atoms with Crippen molar-refractivity contribution in [3.63, 3.8) is 0 Å². The van der Waals surface area contributed by atoms with Crippen LogP contribution in [0.15, 0.2) is 24.5 Å². The summed E-state index contributed by atoms with van der Waals surface area (Å²) in [5, 5.41) is 8.63. The fourth-order valence-corrected chi connectivity index (χ4v) is 0.914. The number of nitrogens with zero attached hydrogens (tertiary/aromatic N) is 2. The van der Waals surface area contributed by atoms with Crippen molar-refractivity contribution in [1.29, 1.82) is 5.26 Å². The van der Waals surface area contributed by atoms with E-state index < -0.39 is 0 Å². The number of hydrogen-bond donors (Lipinski definition) is 0. The molecular weight excluding hydrogens is 160 g/mol. The third kappa shape index (κ3) is 3.08. The van der Waals surface area contributed by atoms with Crippen LogP contribution >= 0.6 is 0 Å². The van der Waals surface area contributed by atoms with Crippen LogP contribution in [0, 0.1) is 17.2 Å². The molecule has 13 heavy (non-hydrogen) atoms. The molecule has 2 nitrogen and oxygen atoms in total. The highest BCUT2D eigenvalue weighted by Gasteiger charge is 1.92. The minimum absolute atomic E-state index is 0.519. The van der Waals surface area contributed by atoms with Gasteiger partial charge in [0.25, 0.3) is 0 Å². The Kier molecular flexibility index (Phi) is 3.22. The predicted molar refractivity (Wildman–Crippen MR) is 52.8 cm³/mol. The van der Waals surface area contributed by atoms with Gasteiger partial charge in [-0.15, -0.1) is 0 Å². The number of pyridine rings is 1. The summed E-state index contributed by atoms with van der Waals surface area (Å²) in [7, 11) is 0. The van der Waals surface area contributed by atoms with Crippen LogP contribution in [0.2, 0.25) is 0 Å². The average Bonchev–Trinajstić information content (AvgIpc) is 2.15. The van der Waals surface area contributed by atoms with Gasteiger partial charge in [-0.2, -0.15) is 5.26 Å². The van der Waals surface area contributed by atoms with Crippen molar-refractivity contribution in [2.24, 2.45) is 5.92 Å². The van der Waals surface area contributed by atoms with Crippen molar-refractivity contribution in [3.8, 4) is 6.07 Å². The molecule has 0 aliphatic heterocycles. The second-order valence-corrected chi connectivity index (χ2v) is 3.22. The Labute approximate surface area is 78.5 Å². The van der Waals surface area contributed by atoms with Gasteiger partial charge in [0.1, 0.15) is 6.07 Å². The van der Waals surface area contributed by atoms with Crippen molar-refractivity contribution in [2.45, 2.75) is 13.8 Å². The molecule has 0 spiro atoms. The Bertz CT molecular complexity index is 345. The summed E-state index contributed by atoms with van der Waals surface area (Å²) in [4.78, 5) is 3.96. The molecule has 0 bridgehead atoms. The average molecular weight is 172 g/mol. The Balaban J connectivity index is 2.85.